The Labute approximate surface area is 392 Å². The first-order valence-corrected chi connectivity index (χ1v) is 27.3. The number of thiophene rings is 4. The molecule has 5 heteroatoms. The average molecular weight is 913 g/mol. The number of benzene rings is 10. The Bertz CT molecular complexity index is 3920. The molecule has 4 aromatic heterocycles. The van der Waals surface area contributed by atoms with Gasteiger partial charge >= 0.3 is 0 Å². The molecule has 10 aromatic carbocycles. The summed E-state index contributed by atoms with van der Waals surface area (Å²) in [5.41, 5.74) is 5.25. The fraction of sp³-hybridized carbons (Fsp3) is 0. The minimum absolute atomic E-state index is 1.31. The van der Waals surface area contributed by atoms with Crippen LogP contribution < -0.4 is 20.7 Å². The molecule has 0 unspecified atom stereocenters. The zero-order valence-corrected chi connectivity index (χ0v) is 39.2. The van der Waals surface area contributed by atoms with Gasteiger partial charge in [0.25, 0.3) is 0 Å². The summed E-state index contributed by atoms with van der Waals surface area (Å²) in [6.45, 7) is 0. The van der Waals surface area contributed by atoms with Crippen molar-refractivity contribution in [2.45, 2.75) is 0 Å². The summed E-state index contributed by atoms with van der Waals surface area (Å²) in [5.74, 6) is 0. The number of rotatable bonds is 6. The highest BCUT2D eigenvalue weighted by Gasteiger charge is 2.44. The summed E-state index contributed by atoms with van der Waals surface area (Å²) < 4.78 is 10.9. The second-order valence-corrected chi connectivity index (χ2v) is 24.9. The third kappa shape index (κ3) is 5.45. The van der Waals surface area contributed by atoms with Crippen LogP contribution in [0.2, 0.25) is 0 Å². The molecule has 0 saturated heterocycles. The van der Waals surface area contributed by atoms with Crippen LogP contribution in [0.15, 0.2) is 218 Å². The van der Waals surface area contributed by atoms with Gasteiger partial charge in [-0.15, -0.1) is 45.3 Å². The Morgan fingerprint density at radius 1 is 0.215 bits per heavy atom. The zero-order valence-electron chi connectivity index (χ0n) is 34.9. The number of fused-ring (bicyclic) bond motifs is 12. The van der Waals surface area contributed by atoms with Gasteiger partial charge in [0, 0.05) is 103 Å². The topological polar surface area (TPSA) is 0 Å². The van der Waals surface area contributed by atoms with E-state index >= 15 is 0 Å². The Hall–Kier alpha value is -6.70. The Kier molecular flexibility index (Phi) is 8.49. The molecule has 0 nitrogen and oxygen atoms in total. The summed E-state index contributed by atoms with van der Waals surface area (Å²) in [6, 6.07) is 82.8. The Morgan fingerprint density at radius 2 is 0.508 bits per heavy atom. The van der Waals surface area contributed by atoms with Crippen LogP contribution in [-0.4, -0.2) is 8.07 Å². The zero-order chi connectivity index (χ0) is 42.6. The quantitative estimate of drug-likeness (QED) is 0.115. The van der Waals surface area contributed by atoms with Gasteiger partial charge in [-0.25, -0.2) is 0 Å². The van der Waals surface area contributed by atoms with Crippen LogP contribution in [-0.2, 0) is 0 Å². The highest BCUT2D eigenvalue weighted by atomic mass is 32.1. The van der Waals surface area contributed by atoms with E-state index in [0.717, 1.165) is 0 Å². The smallest absolute Gasteiger partial charge is 0.135 e. The minimum Gasteiger partial charge on any atom is -0.135 e. The number of hydrogen-bond donors (Lipinski definition) is 0. The van der Waals surface area contributed by atoms with Gasteiger partial charge in [-0.05, 0) is 32.9 Å². The molecule has 14 rings (SSSR count). The molecular formula is C60H36S4Si. The van der Waals surface area contributed by atoms with Crippen molar-refractivity contribution in [3.63, 3.8) is 0 Å². The maximum absolute atomic E-state index is 3.05. The summed E-state index contributed by atoms with van der Waals surface area (Å²) in [7, 11) is -3.05. The van der Waals surface area contributed by atoms with Crippen molar-refractivity contribution in [2.75, 3.05) is 0 Å². The molecule has 14 aromatic rings. The third-order valence-corrected chi connectivity index (χ3v) is 23.9. The molecule has 304 valence electrons. The highest BCUT2D eigenvalue weighted by molar-refractivity contribution is 7.34. The van der Waals surface area contributed by atoms with E-state index in [4.69, 9.17) is 0 Å². The lowest BCUT2D eigenvalue weighted by molar-refractivity contribution is 1.70. The molecular weight excluding hydrogens is 877 g/mol. The van der Waals surface area contributed by atoms with Crippen molar-refractivity contribution < 1.29 is 0 Å². The first-order chi connectivity index (χ1) is 32.3. The van der Waals surface area contributed by atoms with E-state index in [1.165, 1.54) is 124 Å². The first-order valence-electron chi connectivity index (χ1n) is 22.1. The lowest BCUT2D eigenvalue weighted by Gasteiger charge is -2.35. The fourth-order valence-corrected chi connectivity index (χ4v) is 22.0. The van der Waals surface area contributed by atoms with E-state index in [2.05, 4.69) is 218 Å². The second-order valence-electron chi connectivity index (χ2n) is 17.0. The second kappa shape index (κ2) is 14.7. The van der Waals surface area contributed by atoms with Crippen molar-refractivity contribution in [1.82, 2.24) is 0 Å². The predicted molar refractivity (Wildman–Crippen MR) is 292 cm³/mol. The number of hydrogen-bond acceptors (Lipinski definition) is 4. The van der Waals surface area contributed by atoms with E-state index in [-0.39, 0.29) is 0 Å². The molecule has 0 fully saturated rings. The summed E-state index contributed by atoms with van der Waals surface area (Å²) >= 11 is 7.81. The van der Waals surface area contributed by atoms with Crippen molar-refractivity contribution in [3.8, 4) is 22.3 Å². The van der Waals surface area contributed by atoms with Crippen LogP contribution in [0.1, 0.15) is 0 Å². The van der Waals surface area contributed by atoms with E-state index in [1.807, 2.05) is 45.3 Å². The van der Waals surface area contributed by atoms with Crippen LogP contribution in [0, 0.1) is 0 Å². The van der Waals surface area contributed by atoms with Gasteiger partial charge in [0.05, 0.1) is 0 Å². The largest absolute Gasteiger partial charge is 0.182 e. The molecule has 0 saturated carbocycles. The van der Waals surface area contributed by atoms with Crippen LogP contribution >= 0.6 is 45.3 Å². The van der Waals surface area contributed by atoms with Gasteiger partial charge in [-0.2, -0.15) is 0 Å². The average Bonchev–Trinajstić information content (AvgIpc) is 4.16. The molecule has 0 radical (unpaired) electrons. The van der Waals surface area contributed by atoms with Crippen LogP contribution in [0.25, 0.3) is 103 Å². The molecule has 0 spiro atoms. The molecule has 65 heavy (non-hydrogen) atoms. The SMILES string of the molecule is c1ccc([Si](c2ccccc2)(c2cccc3c2sc2c(-c4cccc5c4sc4ccccc45)cccc23)c2cccc3c2sc2c(-c4cccc5c4sc4ccccc45)cccc23)cc1. The summed E-state index contributed by atoms with van der Waals surface area (Å²) in [6.07, 6.45) is 0. The standard InChI is InChI=1S/C60H36S4Si/c1-3-17-37(18-4-1)65(38-19-5-2-6-20-38,53-35-15-31-49-47-29-13-27-45(57(47)63-59(49)53)43-25-11-23-41-39-21-7-9-33-51(39)61-55(41)43)54-36-16-32-50-48-30-14-28-46(58(48)64-60(50)54)44-26-12-24-42-40-22-8-10-34-52(40)62-56(42)44/h1-36H. The summed E-state index contributed by atoms with van der Waals surface area (Å²) in [5, 5.41) is 16.3. The van der Waals surface area contributed by atoms with Gasteiger partial charge in [-0.3, -0.25) is 0 Å². The van der Waals surface area contributed by atoms with Gasteiger partial charge in [0.15, 0.2) is 8.07 Å². The van der Waals surface area contributed by atoms with Crippen molar-refractivity contribution in [1.29, 1.82) is 0 Å². The van der Waals surface area contributed by atoms with Crippen molar-refractivity contribution in [2.24, 2.45) is 0 Å². The van der Waals surface area contributed by atoms with Crippen LogP contribution in [0.5, 0.6) is 0 Å². The summed E-state index contributed by atoms with van der Waals surface area (Å²) in [4.78, 5) is 0. The van der Waals surface area contributed by atoms with E-state index in [9.17, 15) is 0 Å². The Balaban J connectivity index is 1.07. The molecule has 0 amide bonds. The van der Waals surface area contributed by atoms with Gasteiger partial charge in [0.1, 0.15) is 0 Å². The van der Waals surface area contributed by atoms with Crippen molar-refractivity contribution >= 4 is 155 Å². The molecule has 0 aliphatic rings. The highest BCUT2D eigenvalue weighted by Crippen LogP contribution is 2.47. The van der Waals surface area contributed by atoms with Gasteiger partial charge < -0.3 is 0 Å². The van der Waals surface area contributed by atoms with Crippen LogP contribution in [0.3, 0.4) is 0 Å². The van der Waals surface area contributed by atoms with Gasteiger partial charge in [0.2, 0.25) is 0 Å². The maximum atomic E-state index is 2.48. The normalized spacial score (nSPS) is 12.3. The van der Waals surface area contributed by atoms with E-state index in [1.54, 1.807) is 0 Å². The predicted octanol–water partition coefficient (Wildman–Crippen LogP) is 15.9. The van der Waals surface area contributed by atoms with Gasteiger partial charge in [-0.1, -0.05) is 206 Å². The van der Waals surface area contributed by atoms with E-state index < -0.39 is 8.07 Å². The maximum Gasteiger partial charge on any atom is 0.182 e. The lowest BCUT2D eigenvalue weighted by atomic mass is 10.0. The molecule has 0 N–H and O–H groups in total. The van der Waals surface area contributed by atoms with Crippen molar-refractivity contribution in [3.05, 3.63) is 218 Å². The first kappa shape index (κ1) is 37.7. The lowest BCUT2D eigenvalue weighted by Crippen LogP contribution is -2.74. The molecule has 0 aliphatic carbocycles. The van der Waals surface area contributed by atoms with Crippen LogP contribution in [0.4, 0.5) is 0 Å². The molecule has 0 atom stereocenters. The molecule has 4 heterocycles. The fourth-order valence-electron chi connectivity index (χ4n) is 10.9. The third-order valence-electron chi connectivity index (χ3n) is 13.7. The monoisotopic (exact) mass is 912 g/mol. The van der Waals surface area contributed by atoms with E-state index in [0.29, 0.717) is 0 Å². The Morgan fingerprint density at radius 3 is 0.908 bits per heavy atom. The minimum atomic E-state index is -3.05. The molecule has 0 bridgehead atoms. The molecule has 0 aliphatic heterocycles.